The van der Waals surface area contributed by atoms with Crippen LogP contribution in [-0.2, 0) is 16.1 Å². The number of esters is 1. The maximum absolute atomic E-state index is 12.6. The lowest BCUT2D eigenvalue weighted by Crippen LogP contribution is -2.07. The Morgan fingerprint density at radius 3 is 2.60 bits per heavy atom. The Morgan fingerprint density at radius 1 is 1.47 bits per heavy atom. The molecule has 0 aromatic heterocycles. The first-order valence-electron chi connectivity index (χ1n) is 5.08. The van der Waals surface area contributed by atoms with E-state index in [1.807, 2.05) is 6.92 Å². The van der Waals surface area contributed by atoms with E-state index in [0.29, 0.717) is 5.92 Å². The van der Waals surface area contributed by atoms with Gasteiger partial charge in [-0.05, 0) is 30.0 Å². The van der Waals surface area contributed by atoms with Gasteiger partial charge in [-0.2, -0.15) is 0 Å². The van der Waals surface area contributed by atoms with E-state index >= 15 is 0 Å². The largest absolute Gasteiger partial charge is 0.461 e. The van der Waals surface area contributed by atoms with Crippen LogP contribution in [-0.4, -0.2) is 5.97 Å². The maximum Gasteiger partial charge on any atom is 0.309 e. The zero-order chi connectivity index (χ0) is 10.8. The highest BCUT2D eigenvalue weighted by Gasteiger charge is 2.40. The van der Waals surface area contributed by atoms with Gasteiger partial charge in [0.2, 0.25) is 0 Å². The molecule has 1 saturated carbocycles. The molecule has 1 aliphatic carbocycles. The minimum atomic E-state index is -0.277. The summed E-state index contributed by atoms with van der Waals surface area (Å²) in [6.07, 6.45) is 0.933. The van der Waals surface area contributed by atoms with Crippen molar-refractivity contribution in [2.75, 3.05) is 0 Å². The van der Waals surface area contributed by atoms with Gasteiger partial charge in [-0.3, -0.25) is 4.79 Å². The van der Waals surface area contributed by atoms with Crippen LogP contribution in [0.2, 0.25) is 0 Å². The van der Waals surface area contributed by atoms with Crippen molar-refractivity contribution >= 4 is 5.97 Å². The number of rotatable bonds is 3. The molecule has 2 atom stereocenters. The van der Waals surface area contributed by atoms with Crippen molar-refractivity contribution in [2.24, 2.45) is 11.8 Å². The molecule has 1 aliphatic rings. The van der Waals surface area contributed by atoms with Crippen LogP contribution in [0.5, 0.6) is 0 Å². The van der Waals surface area contributed by atoms with Crippen LogP contribution in [0.4, 0.5) is 4.39 Å². The maximum atomic E-state index is 12.6. The summed E-state index contributed by atoms with van der Waals surface area (Å²) in [6.45, 7) is 2.27. The van der Waals surface area contributed by atoms with Gasteiger partial charge in [-0.25, -0.2) is 4.39 Å². The molecule has 2 rings (SSSR count). The molecule has 0 N–H and O–H groups in total. The monoisotopic (exact) mass is 208 g/mol. The van der Waals surface area contributed by atoms with E-state index in [2.05, 4.69) is 0 Å². The fourth-order valence-corrected chi connectivity index (χ4v) is 1.49. The molecule has 2 unspecified atom stereocenters. The van der Waals surface area contributed by atoms with E-state index in [1.165, 1.54) is 12.1 Å². The number of carbonyl (C=O) groups excluding carboxylic acids is 1. The lowest BCUT2D eigenvalue weighted by Gasteiger charge is -2.03. The second-order valence-electron chi connectivity index (χ2n) is 4.05. The van der Waals surface area contributed by atoms with Gasteiger partial charge < -0.3 is 4.74 Å². The number of hydrogen-bond donors (Lipinski definition) is 0. The van der Waals surface area contributed by atoms with Crippen molar-refractivity contribution in [1.29, 1.82) is 0 Å². The smallest absolute Gasteiger partial charge is 0.309 e. The Bertz CT molecular complexity index is 358. The quantitative estimate of drug-likeness (QED) is 0.713. The predicted molar refractivity (Wildman–Crippen MR) is 53.5 cm³/mol. The van der Waals surface area contributed by atoms with E-state index in [9.17, 15) is 9.18 Å². The number of ether oxygens (including phenoxy) is 1. The normalized spacial score (nSPS) is 23.6. The molecule has 0 saturated heterocycles. The summed E-state index contributed by atoms with van der Waals surface area (Å²) in [5.74, 6) is 0.142. The lowest BCUT2D eigenvalue weighted by molar-refractivity contribution is -0.146. The van der Waals surface area contributed by atoms with Crippen molar-refractivity contribution in [3.8, 4) is 0 Å². The number of benzene rings is 1. The molecule has 80 valence electrons. The van der Waals surface area contributed by atoms with Crippen molar-refractivity contribution < 1.29 is 13.9 Å². The Morgan fingerprint density at radius 2 is 2.07 bits per heavy atom. The molecule has 1 aromatic carbocycles. The summed E-state index contributed by atoms with van der Waals surface area (Å²) in [7, 11) is 0. The molecule has 15 heavy (non-hydrogen) atoms. The fourth-order valence-electron chi connectivity index (χ4n) is 1.49. The van der Waals surface area contributed by atoms with Gasteiger partial charge in [0, 0.05) is 0 Å². The summed E-state index contributed by atoms with van der Waals surface area (Å²) in [5.41, 5.74) is 0.818. The van der Waals surface area contributed by atoms with Crippen LogP contribution in [0.15, 0.2) is 24.3 Å². The molecule has 1 aromatic rings. The van der Waals surface area contributed by atoms with Gasteiger partial charge in [-0.15, -0.1) is 0 Å². The summed E-state index contributed by atoms with van der Waals surface area (Å²) >= 11 is 0. The highest BCUT2D eigenvalue weighted by Crippen LogP contribution is 2.38. The first-order valence-corrected chi connectivity index (χ1v) is 5.08. The first kappa shape index (κ1) is 10.1. The van der Waals surface area contributed by atoms with Crippen molar-refractivity contribution in [3.63, 3.8) is 0 Å². The van der Waals surface area contributed by atoms with Crippen LogP contribution in [0.3, 0.4) is 0 Å². The molecule has 1 fully saturated rings. The van der Waals surface area contributed by atoms with Crippen molar-refractivity contribution in [1.82, 2.24) is 0 Å². The van der Waals surface area contributed by atoms with E-state index in [4.69, 9.17) is 4.74 Å². The molecular weight excluding hydrogens is 195 g/mol. The van der Waals surface area contributed by atoms with Crippen LogP contribution in [0, 0.1) is 17.7 Å². The van der Waals surface area contributed by atoms with Gasteiger partial charge in [0.1, 0.15) is 12.4 Å². The Labute approximate surface area is 88.1 Å². The van der Waals surface area contributed by atoms with E-state index in [0.717, 1.165) is 12.0 Å². The molecule has 0 amide bonds. The van der Waals surface area contributed by atoms with Crippen molar-refractivity contribution in [3.05, 3.63) is 35.6 Å². The number of hydrogen-bond acceptors (Lipinski definition) is 2. The van der Waals surface area contributed by atoms with Gasteiger partial charge >= 0.3 is 5.97 Å². The van der Waals surface area contributed by atoms with E-state index in [-0.39, 0.29) is 24.3 Å². The third-order valence-corrected chi connectivity index (χ3v) is 2.71. The second kappa shape index (κ2) is 4.01. The molecule has 0 bridgehead atoms. The van der Waals surface area contributed by atoms with E-state index < -0.39 is 0 Å². The molecule has 0 radical (unpaired) electrons. The van der Waals surface area contributed by atoms with Crippen LogP contribution in [0.1, 0.15) is 18.9 Å². The molecule has 2 nitrogen and oxygen atoms in total. The highest BCUT2D eigenvalue weighted by atomic mass is 19.1. The van der Waals surface area contributed by atoms with Gasteiger partial charge in [0.25, 0.3) is 0 Å². The predicted octanol–water partition coefficient (Wildman–Crippen LogP) is 2.52. The number of halogens is 1. The minimum Gasteiger partial charge on any atom is -0.461 e. The van der Waals surface area contributed by atoms with E-state index in [1.54, 1.807) is 12.1 Å². The van der Waals surface area contributed by atoms with Crippen molar-refractivity contribution in [2.45, 2.75) is 20.0 Å². The molecule has 0 aliphatic heterocycles. The highest BCUT2D eigenvalue weighted by molar-refractivity contribution is 5.75. The zero-order valence-corrected chi connectivity index (χ0v) is 8.57. The minimum absolute atomic E-state index is 0.0884. The Kier molecular flexibility index (Phi) is 2.71. The van der Waals surface area contributed by atoms with Gasteiger partial charge in [0.05, 0.1) is 5.92 Å². The Balaban J connectivity index is 1.82. The first-order chi connectivity index (χ1) is 7.16. The summed E-state index contributed by atoms with van der Waals surface area (Å²) in [5, 5.41) is 0. The standard InChI is InChI=1S/C12H13FO2/c1-8-6-11(8)12(14)15-7-9-2-4-10(13)5-3-9/h2-5,8,11H,6-7H2,1H3. The average Bonchev–Trinajstić information content (AvgIpc) is 2.94. The molecular formula is C12H13FO2. The third-order valence-electron chi connectivity index (χ3n) is 2.71. The third kappa shape index (κ3) is 2.55. The topological polar surface area (TPSA) is 26.3 Å². The lowest BCUT2D eigenvalue weighted by atomic mass is 10.2. The Hall–Kier alpha value is -1.38. The second-order valence-corrected chi connectivity index (χ2v) is 4.05. The van der Waals surface area contributed by atoms with Gasteiger partial charge in [-0.1, -0.05) is 19.1 Å². The van der Waals surface area contributed by atoms with Crippen LogP contribution < -0.4 is 0 Å². The summed E-state index contributed by atoms with van der Waals surface area (Å²) in [4.78, 5) is 11.4. The molecule has 3 heteroatoms. The molecule has 0 spiro atoms. The average molecular weight is 208 g/mol. The molecule has 0 heterocycles. The summed E-state index contributed by atoms with van der Waals surface area (Å²) in [6, 6.07) is 5.98. The van der Waals surface area contributed by atoms with Gasteiger partial charge in [0.15, 0.2) is 0 Å². The van der Waals surface area contributed by atoms with Crippen LogP contribution >= 0.6 is 0 Å². The SMILES string of the molecule is CC1CC1C(=O)OCc1ccc(F)cc1. The summed E-state index contributed by atoms with van der Waals surface area (Å²) < 4.78 is 17.7. The fraction of sp³-hybridized carbons (Fsp3) is 0.417. The van der Waals surface area contributed by atoms with Crippen LogP contribution in [0.25, 0.3) is 0 Å². The number of carbonyl (C=O) groups is 1. The zero-order valence-electron chi connectivity index (χ0n) is 8.57.